The van der Waals surface area contributed by atoms with Crippen LogP contribution in [0.5, 0.6) is 0 Å². The Kier molecular flexibility index (Phi) is 6.70. The molecular weight excluding hydrogens is 524 g/mol. The molecule has 0 aromatic heterocycles. The molecule has 234 valence electrons. The maximum absolute atomic E-state index is 12.1. The van der Waals surface area contributed by atoms with E-state index in [0.717, 1.165) is 32.1 Å². The highest BCUT2D eigenvalue weighted by molar-refractivity contribution is 5.32. The highest BCUT2D eigenvalue weighted by Crippen LogP contribution is 2.89. The van der Waals surface area contributed by atoms with Crippen LogP contribution in [-0.2, 0) is 18.9 Å². The fourth-order valence-corrected chi connectivity index (χ4v) is 12.9. The minimum atomic E-state index is -1.30. The van der Waals surface area contributed by atoms with Gasteiger partial charge in [0.1, 0.15) is 18.3 Å². The zero-order valence-corrected chi connectivity index (χ0v) is 25.9. The molecule has 7 rings (SSSR count). The maximum Gasteiger partial charge on any atom is 0.186 e. The van der Waals surface area contributed by atoms with Gasteiger partial charge in [-0.2, -0.15) is 0 Å². The van der Waals surface area contributed by atoms with Crippen LogP contribution in [0.3, 0.4) is 0 Å². The van der Waals surface area contributed by atoms with Crippen LogP contribution in [0.25, 0.3) is 0 Å². The Morgan fingerprint density at radius 1 is 0.878 bits per heavy atom. The lowest BCUT2D eigenvalue weighted by Crippen LogP contribution is -2.63. The van der Waals surface area contributed by atoms with Crippen LogP contribution >= 0.6 is 0 Å². The monoisotopic (exact) mass is 578 g/mol. The van der Waals surface area contributed by atoms with Crippen LogP contribution < -0.4 is 0 Å². The predicted octanol–water partition coefficient (Wildman–Crippen LogP) is 3.62. The molecule has 8 heteroatoms. The lowest BCUT2D eigenvalue weighted by atomic mass is 9.41. The Bertz CT molecular complexity index is 1040. The van der Waals surface area contributed by atoms with Gasteiger partial charge < -0.3 is 39.4 Å². The molecule has 0 aromatic rings. The molecule has 8 nitrogen and oxygen atoms in total. The molecule has 16 atom stereocenters. The van der Waals surface area contributed by atoms with Crippen molar-refractivity contribution in [2.24, 2.45) is 50.7 Å². The molecular formula is C33H54O8. The molecule has 2 heterocycles. The van der Waals surface area contributed by atoms with Crippen molar-refractivity contribution < 1.29 is 39.4 Å². The standard InChI is InChI=1S/C33H54O8/c1-7-38-23-12-17(2)24-20(40-23)14-31(6)21-13-18(34)27-29(3,4)22(41-28-26(37)25(36)19(35)15-39-28)8-9-33(27)16-32(21,33)11-10-30(24,31)5/h17-28,34-37H,7-16H2,1-6H3/t17-,18+,19-,20+,21+,22+,23-,24-,25+,26-,27+,28+,30-,31+,32+,33-/m1/s1. The van der Waals surface area contributed by atoms with E-state index in [1.54, 1.807) is 0 Å². The van der Waals surface area contributed by atoms with Gasteiger partial charge >= 0.3 is 0 Å². The van der Waals surface area contributed by atoms with Crippen molar-refractivity contribution in [2.75, 3.05) is 13.2 Å². The second-order valence-electron chi connectivity index (χ2n) is 16.4. The summed E-state index contributed by atoms with van der Waals surface area (Å²) in [7, 11) is 0. The van der Waals surface area contributed by atoms with Crippen LogP contribution in [0.2, 0.25) is 0 Å². The Morgan fingerprint density at radius 2 is 1.63 bits per heavy atom. The molecule has 0 aromatic carbocycles. The van der Waals surface area contributed by atoms with E-state index in [9.17, 15) is 20.4 Å². The Balaban J connectivity index is 1.15. The third kappa shape index (κ3) is 3.68. The number of fused-ring (bicyclic) bond motifs is 4. The first-order valence-corrected chi connectivity index (χ1v) is 16.5. The lowest BCUT2D eigenvalue weighted by Gasteiger charge is -2.64. The van der Waals surface area contributed by atoms with Gasteiger partial charge in [0.2, 0.25) is 0 Å². The molecule has 7 fully saturated rings. The van der Waals surface area contributed by atoms with Crippen molar-refractivity contribution in [1.82, 2.24) is 0 Å². The fourth-order valence-electron chi connectivity index (χ4n) is 12.9. The van der Waals surface area contributed by atoms with Crippen molar-refractivity contribution in [3.8, 4) is 0 Å². The van der Waals surface area contributed by atoms with Gasteiger partial charge in [-0.1, -0.05) is 34.6 Å². The Hall–Kier alpha value is -0.320. The third-order valence-corrected chi connectivity index (χ3v) is 14.6. The van der Waals surface area contributed by atoms with Gasteiger partial charge in [-0.05, 0) is 103 Å². The second-order valence-corrected chi connectivity index (χ2v) is 16.4. The molecule has 4 N–H and O–H groups in total. The lowest BCUT2D eigenvalue weighted by molar-refractivity contribution is -0.306. The Labute approximate surface area is 245 Å². The largest absolute Gasteiger partial charge is 0.393 e. The average Bonchev–Trinajstić information content (AvgIpc) is 3.47. The summed E-state index contributed by atoms with van der Waals surface area (Å²) in [6.07, 6.45) is 3.14. The van der Waals surface area contributed by atoms with E-state index in [1.807, 2.05) is 6.92 Å². The molecule has 5 saturated carbocycles. The summed E-state index contributed by atoms with van der Waals surface area (Å²) in [6, 6.07) is 0. The van der Waals surface area contributed by atoms with Crippen molar-refractivity contribution in [3.05, 3.63) is 0 Å². The van der Waals surface area contributed by atoms with E-state index in [1.165, 1.54) is 19.3 Å². The molecule has 5 aliphatic carbocycles. The molecule has 7 aliphatic rings. The number of hydrogen-bond donors (Lipinski definition) is 4. The topological polar surface area (TPSA) is 118 Å². The zero-order valence-electron chi connectivity index (χ0n) is 25.9. The summed E-state index contributed by atoms with van der Waals surface area (Å²) in [4.78, 5) is 0. The van der Waals surface area contributed by atoms with Gasteiger partial charge in [0.05, 0.1) is 24.9 Å². The highest BCUT2D eigenvalue weighted by Gasteiger charge is 2.84. The van der Waals surface area contributed by atoms with Crippen molar-refractivity contribution in [1.29, 1.82) is 0 Å². The Morgan fingerprint density at radius 3 is 2.37 bits per heavy atom. The number of aliphatic hydroxyl groups is 4. The minimum Gasteiger partial charge on any atom is -0.393 e. The molecule has 0 unspecified atom stereocenters. The van der Waals surface area contributed by atoms with Gasteiger partial charge in [0.15, 0.2) is 12.6 Å². The SMILES string of the molecule is CCO[C@H]1C[C@@H](C)[C@@H]2[C@H](C[C@@]3(C)[C@@H]4C[C@H](O)[C@H]5C(C)(C)[C@@H](O[C@@H]6OC[C@@H](O)[C@H](O)[C@H]6O)CC[C@@]56C[C@@]46CC[C@]23C)O1. The fraction of sp³-hybridized carbons (Fsp3) is 1.00. The van der Waals surface area contributed by atoms with E-state index in [0.29, 0.717) is 24.4 Å². The van der Waals surface area contributed by atoms with Gasteiger partial charge in [-0.3, -0.25) is 0 Å². The normalized spacial score (nSPS) is 60.7. The number of ether oxygens (including phenoxy) is 4. The van der Waals surface area contributed by atoms with Crippen LogP contribution in [0.15, 0.2) is 0 Å². The molecule has 0 bridgehead atoms. The number of rotatable bonds is 4. The highest BCUT2D eigenvalue weighted by atomic mass is 16.7. The first-order chi connectivity index (χ1) is 19.3. The molecule has 2 aliphatic heterocycles. The van der Waals surface area contributed by atoms with E-state index in [4.69, 9.17) is 18.9 Å². The average molecular weight is 579 g/mol. The van der Waals surface area contributed by atoms with Gasteiger partial charge in [-0.25, -0.2) is 0 Å². The maximum atomic E-state index is 12.1. The summed E-state index contributed by atoms with van der Waals surface area (Å²) >= 11 is 0. The molecule has 2 saturated heterocycles. The van der Waals surface area contributed by atoms with Crippen LogP contribution in [-0.4, -0.2) is 82.8 Å². The van der Waals surface area contributed by atoms with E-state index in [-0.39, 0.29) is 58.1 Å². The van der Waals surface area contributed by atoms with Crippen molar-refractivity contribution >= 4 is 0 Å². The van der Waals surface area contributed by atoms with Gasteiger partial charge in [-0.15, -0.1) is 0 Å². The van der Waals surface area contributed by atoms with Crippen LogP contribution in [0, 0.1) is 50.7 Å². The van der Waals surface area contributed by atoms with E-state index < -0.39 is 30.7 Å². The van der Waals surface area contributed by atoms with Crippen molar-refractivity contribution in [2.45, 2.75) is 142 Å². The van der Waals surface area contributed by atoms with Crippen molar-refractivity contribution in [3.63, 3.8) is 0 Å². The molecule has 0 amide bonds. The molecule has 2 spiro atoms. The summed E-state index contributed by atoms with van der Waals surface area (Å²) in [5.74, 6) is 1.67. The minimum absolute atomic E-state index is 0.0657. The smallest absolute Gasteiger partial charge is 0.186 e. The first-order valence-electron chi connectivity index (χ1n) is 16.5. The summed E-state index contributed by atoms with van der Waals surface area (Å²) < 4.78 is 24.7. The molecule has 0 radical (unpaired) electrons. The third-order valence-electron chi connectivity index (χ3n) is 14.6. The number of hydrogen-bond acceptors (Lipinski definition) is 8. The molecule has 41 heavy (non-hydrogen) atoms. The predicted molar refractivity (Wildman–Crippen MR) is 150 cm³/mol. The van der Waals surface area contributed by atoms with E-state index in [2.05, 4.69) is 34.6 Å². The zero-order chi connectivity index (χ0) is 29.3. The van der Waals surface area contributed by atoms with Crippen LogP contribution in [0.1, 0.15) is 92.9 Å². The second kappa shape index (κ2) is 9.35. The summed E-state index contributed by atoms with van der Waals surface area (Å²) in [5.41, 5.74) is 0.337. The van der Waals surface area contributed by atoms with Crippen LogP contribution in [0.4, 0.5) is 0 Å². The quantitative estimate of drug-likeness (QED) is 0.374. The number of aliphatic hydroxyl groups excluding tert-OH is 4. The van der Waals surface area contributed by atoms with E-state index >= 15 is 0 Å². The summed E-state index contributed by atoms with van der Waals surface area (Å²) in [5, 5.41) is 42.8. The van der Waals surface area contributed by atoms with Gasteiger partial charge in [0.25, 0.3) is 0 Å². The summed E-state index contributed by atoms with van der Waals surface area (Å²) in [6.45, 7) is 14.6. The van der Waals surface area contributed by atoms with Gasteiger partial charge in [0, 0.05) is 13.0 Å². The first kappa shape index (κ1) is 29.4.